The minimum atomic E-state index is -0.198. The van der Waals surface area contributed by atoms with E-state index in [0.29, 0.717) is 47.3 Å². The second-order valence-electron chi connectivity index (χ2n) is 15.2. The van der Waals surface area contributed by atoms with E-state index < -0.39 is 0 Å². The first-order chi connectivity index (χ1) is 21.9. The highest BCUT2D eigenvalue weighted by molar-refractivity contribution is 4.70. The average molecular weight is 693 g/mol. The molecule has 0 aliphatic rings. The molecule has 12 heteroatoms. The van der Waals surface area contributed by atoms with Crippen molar-refractivity contribution in [2.75, 3.05) is 26.2 Å². The molecule has 0 aliphatic heterocycles. The predicted octanol–water partition coefficient (Wildman–Crippen LogP) is 10.3. The highest BCUT2D eigenvalue weighted by atomic mass is 16.6. The van der Waals surface area contributed by atoms with Crippen LogP contribution in [0.3, 0.4) is 0 Å². The molecule has 0 unspecified atom stereocenters. The third-order valence-electron chi connectivity index (χ3n) is 10.4. The first-order valence-electron chi connectivity index (χ1n) is 18.4. The van der Waals surface area contributed by atoms with Crippen LogP contribution in [-0.2, 0) is 0 Å². The first kappa shape index (κ1) is 52.4. The molecule has 0 fully saturated rings. The minimum Gasteiger partial charge on any atom is -0.265 e. The van der Waals surface area contributed by atoms with E-state index in [1.807, 2.05) is 0 Å². The van der Waals surface area contributed by atoms with E-state index >= 15 is 0 Å². The van der Waals surface area contributed by atoms with Gasteiger partial charge in [0.05, 0.1) is 0 Å². The lowest BCUT2D eigenvalue weighted by Crippen LogP contribution is -2.25. The third-order valence-corrected chi connectivity index (χ3v) is 10.4. The Morgan fingerprint density at radius 1 is 0.333 bits per heavy atom. The van der Waals surface area contributed by atoms with E-state index in [0.717, 1.165) is 25.7 Å². The van der Waals surface area contributed by atoms with Crippen molar-refractivity contribution in [1.29, 1.82) is 0 Å². The van der Waals surface area contributed by atoms with Gasteiger partial charge in [0.25, 0.3) is 0 Å². The van der Waals surface area contributed by atoms with Crippen LogP contribution in [0.4, 0.5) is 0 Å². The quantitative estimate of drug-likeness (QED) is 0.0895. The van der Waals surface area contributed by atoms with Crippen molar-refractivity contribution in [2.24, 2.45) is 71.0 Å². The lowest BCUT2D eigenvalue weighted by molar-refractivity contribution is -0.491. The molecule has 0 rings (SSSR count). The number of hydrogen-bond donors (Lipinski definition) is 0. The molecule has 288 valence electrons. The van der Waals surface area contributed by atoms with E-state index in [1.54, 1.807) is 0 Å². The maximum absolute atomic E-state index is 10.3. The van der Waals surface area contributed by atoms with Gasteiger partial charge in [-0.05, 0) is 47.3 Å². The van der Waals surface area contributed by atoms with Crippen LogP contribution in [0.5, 0.6) is 0 Å². The van der Waals surface area contributed by atoms with E-state index in [1.165, 1.54) is 0 Å². The lowest BCUT2D eigenvalue weighted by Gasteiger charge is -2.22. The van der Waals surface area contributed by atoms with Gasteiger partial charge in [-0.15, -0.1) is 0 Å². The molecular weight excluding hydrogens is 616 g/mol. The Morgan fingerprint density at radius 3 is 0.521 bits per heavy atom. The van der Waals surface area contributed by atoms with Crippen LogP contribution in [0.15, 0.2) is 0 Å². The molecule has 0 N–H and O–H groups in total. The number of nitro groups is 4. The Morgan fingerprint density at radius 2 is 0.458 bits per heavy atom. The Hall–Kier alpha value is -2.40. The topological polar surface area (TPSA) is 173 Å². The summed E-state index contributed by atoms with van der Waals surface area (Å²) in [4.78, 5) is 40.6. The molecule has 0 saturated carbocycles. The Balaban J connectivity index is -0.000000269. The molecule has 0 aliphatic carbocycles. The molecule has 0 bridgehead atoms. The van der Waals surface area contributed by atoms with Crippen molar-refractivity contribution in [1.82, 2.24) is 0 Å². The maximum Gasteiger partial charge on any atom is 0.207 e. The van der Waals surface area contributed by atoms with Crippen LogP contribution in [0, 0.1) is 111 Å². The molecule has 0 aromatic heterocycles. The Kier molecular flexibility index (Phi) is 32.2. The van der Waals surface area contributed by atoms with Crippen LogP contribution in [0.1, 0.15) is 136 Å². The van der Waals surface area contributed by atoms with Gasteiger partial charge in [-0.1, -0.05) is 136 Å². The SMILES string of the molecule is CC[C@@H](C)[C@@H](C[N+](=O)[O-])C(C)C.CC[C@@H](C)[C@H](C[N+](=O)[O-])C(C)C.CC[C@H](C)[C@@H](C[N+](=O)[O-])C(C)C.CC[C@H](C)[C@H](C[N+](=O)[O-])C(C)C. The van der Waals surface area contributed by atoms with Gasteiger partial charge >= 0.3 is 0 Å². The summed E-state index contributed by atoms with van der Waals surface area (Å²) in [6, 6.07) is 0. The van der Waals surface area contributed by atoms with Crippen LogP contribution in [0.25, 0.3) is 0 Å². The molecule has 0 aromatic rings. The fraction of sp³-hybridized carbons (Fsp3) is 1.00. The summed E-state index contributed by atoms with van der Waals surface area (Å²) in [6.07, 6.45) is 4.10. The van der Waals surface area contributed by atoms with Gasteiger partial charge in [0.2, 0.25) is 26.2 Å². The van der Waals surface area contributed by atoms with Crippen molar-refractivity contribution >= 4 is 0 Å². The number of hydrogen-bond acceptors (Lipinski definition) is 8. The van der Waals surface area contributed by atoms with Crippen molar-refractivity contribution in [2.45, 2.75) is 136 Å². The molecule has 0 amide bonds. The highest BCUT2D eigenvalue weighted by Crippen LogP contribution is 2.25. The van der Waals surface area contributed by atoms with Gasteiger partial charge in [-0.3, -0.25) is 40.5 Å². The summed E-state index contributed by atoms with van der Waals surface area (Å²) in [5.41, 5.74) is 0. The van der Waals surface area contributed by atoms with Crippen molar-refractivity contribution in [3.05, 3.63) is 40.5 Å². The highest BCUT2D eigenvalue weighted by Gasteiger charge is 2.26. The summed E-state index contributed by atoms with van der Waals surface area (Å²) in [7, 11) is 0. The zero-order valence-corrected chi connectivity index (χ0v) is 33.6. The van der Waals surface area contributed by atoms with Gasteiger partial charge < -0.3 is 0 Å². The largest absolute Gasteiger partial charge is 0.265 e. The van der Waals surface area contributed by atoms with Crippen molar-refractivity contribution in [3.8, 4) is 0 Å². The van der Waals surface area contributed by atoms with Crippen LogP contribution >= 0.6 is 0 Å². The first-order valence-corrected chi connectivity index (χ1v) is 18.4. The van der Waals surface area contributed by atoms with Crippen molar-refractivity contribution < 1.29 is 19.7 Å². The summed E-state index contributed by atoms with van der Waals surface area (Å²) in [5.74, 6) is 4.35. The van der Waals surface area contributed by atoms with Gasteiger partial charge in [0.1, 0.15) is 0 Å². The molecule has 0 radical (unpaired) electrons. The third kappa shape index (κ3) is 27.5. The van der Waals surface area contributed by atoms with Gasteiger partial charge in [-0.25, -0.2) is 0 Å². The smallest absolute Gasteiger partial charge is 0.207 e. The number of rotatable bonds is 20. The lowest BCUT2D eigenvalue weighted by atomic mass is 9.83. The van der Waals surface area contributed by atoms with Gasteiger partial charge in [0, 0.05) is 43.4 Å². The van der Waals surface area contributed by atoms with Crippen LogP contribution < -0.4 is 0 Å². The van der Waals surface area contributed by atoms with E-state index in [4.69, 9.17) is 0 Å². The second-order valence-corrected chi connectivity index (χ2v) is 15.2. The van der Waals surface area contributed by atoms with E-state index in [-0.39, 0.29) is 69.5 Å². The van der Waals surface area contributed by atoms with Crippen molar-refractivity contribution in [3.63, 3.8) is 0 Å². The zero-order valence-electron chi connectivity index (χ0n) is 33.6. The molecule has 0 heterocycles. The summed E-state index contributed by atoms with van der Waals surface area (Å²) >= 11 is 0. The molecule has 48 heavy (non-hydrogen) atoms. The summed E-state index contributed by atoms with van der Waals surface area (Å²) < 4.78 is 0. The fourth-order valence-electron chi connectivity index (χ4n) is 6.09. The number of nitrogens with zero attached hydrogens (tertiary/aromatic N) is 4. The Labute approximate surface area is 293 Å². The molecule has 8 atom stereocenters. The Bertz CT molecular complexity index is 718. The van der Waals surface area contributed by atoms with Crippen LogP contribution in [-0.4, -0.2) is 45.9 Å². The predicted molar refractivity (Wildman–Crippen MR) is 199 cm³/mol. The average Bonchev–Trinajstić information content (AvgIpc) is 2.98. The summed E-state index contributed by atoms with van der Waals surface area (Å²) in [6.45, 7) is 33.6. The summed E-state index contributed by atoms with van der Waals surface area (Å²) in [5, 5.41) is 41.4. The van der Waals surface area contributed by atoms with E-state index in [9.17, 15) is 40.5 Å². The maximum atomic E-state index is 10.3. The molecular formula is C36H76N4O8. The van der Waals surface area contributed by atoms with Gasteiger partial charge in [-0.2, -0.15) is 0 Å². The van der Waals surface area contributed by atoms with E-state index in [2.05, 4.69) is 111 Å². The molecule has 0 saturated heterocycles. The second kappa shape index (κ2) is 29.5. The normalized spacial score (nSPS) is 16.1. The monoisotopic (exact) mass is 693 g/mol. The standard InChI is InChI=1S/4C9H19NO2/c4*1-5-8(4)9(7(2)3)6-10(11)12/h4*7-9H,5-6H2,1-4H3/t2*8-,9+;2*8-,9-/m1010/s1. The van der Waals surface area contributed by atoms with Crippen LogP contribution in [0.2, 0.25) is 0 Å². The molecule has 0 spiro atoms. The van der Waals surface area contributed by atoms with Gasteiger partial charge in [0.15, 0.2) is 0 Å². The molecule has 0 aromatic carbocycles. The minimum absolute atomic E-state index is 0.118. The molecule has 12 nitrogen and oxygen atoms in total. The zero-order chi connectivity index (χ0) is 38.9. The fourth-order valence-corrected chi connectivity index (χ4v) is 6.09.